The first kappa shape index (κ1) is 17.3. The Balaban J connectivity index is 1.58. The van der Waals surface area contributed by atoms with Crippen LogP contribution in [0, 0.1) is 13.8 Å². The lowest BCUT2D eigenvalue weighted by molar-refractivity contribution is 0.110. The number of aliphatic hydroxyl groups is 1. The monoisotopic (exact) mass is 306 g/mol. The van der Waals surface area contributed by atoms with Crippen LogP contribution in [0.3, 0.4) is 0 Å². The Morgan fingerprint density at radius 2 is 1.55 bits per heavy atom. The third-order valence-corrected chi connectivity index (χ3v) is 4.40. The van der Waals surface area contributed by atoms with Crippen LogP contribution in [0.5, 0.6) is 5.75 Å². The van der Waals surface area contributed by atoms with Gasteiger partial charge in [0.2, 0.25) is 0 Å². The molecule has 0 atom stereocenters. The maximum atomic E-state index is 8.95. The number of hydrogen-bond acceptors (Lipinski definition) is 4. The molecule has 1 N–H and O–H groups in total. The fraction of sp³-hybridized carbons (Fsp3) is 0.667. The summed E-state index contributed by atoms with van der Waals surface area (Å²) in [4.78, 5) is 4.85. The van der Waals surface area contributed by atoms with E-state index in [9.17, 15) is 0 Å². The van der Waals surface area contributed by atoms with E-state index < -0.39 is 0 Å². The zero-order valence-electron chi connectivity index (χ0n) is 14.1. The highest BCUT2D eigenvalue weighted by Gasteiger charge is 2.15. The van der Waals surface area contributed by atoms with E-state index in [0.717, 1.165) is 58.0 Å². The van der Waals surface area contributed by atoms with Crippen molar-refractivity contribution in [3.63, 3.8) is 0 Å². The second-order valence-electron chi connectivity index (χ2n) is 6.18. The first-order valence-electron chi connectivity index (χ1n) is 8.45. The number of aryl methyl sites for hydroxylation is 2. The van der Waals surface area contributed by atoms with Gasteiger partial charge in [-0.2, -0.15) is 0 Å². The van der Waals surface area contributed by atoms with Gasteiger partial charge in [-0.3, -0.25) is 4.90 Å². The minimum absolute atomic E-state index is 0.273. The van der Waals surface area contributed by atoms with E-state index in [0.29, 0.717) is 0 Å². The molecule has 124 valence electrons. The Bertz CT molecular complexity index is 422. The predicted molar refractivity (Wildman–Crippen MR) is 90.6 cm³/mol. The van der Waals surface area contributed by atoms with E-state index in [1.165, 1.54) is 17.5 Å². The van der Waals surface area contributed by atoms with Crippen molar-refractivity contribution in [1.82, 2.24) is 9.80 Å². The highest BCUT2D eigenvalue weighted by Crippen LogP contribution is 2.22. The molecule has 0 spiro atoms. The number of hydrogen-bond donors (Lipinski definition) is 1. The standard InChI is InChI=1S/C18H30N2O2/c1-16-6-5-7-17(2)18(16)22-15-4-3-8-19-9-11-20(12-10-19)13-14-21/h5-7,21H,3-4,8-15H2,1-2H3. The average Bonchev–Trinajstić information content (AvgIpc) is 2.51. The van der Waals surface area contributed by atoms with Crippen molar-refractivity contribution in [2.45, 2.75) is 26.7 Å². The van der Waals surface area contributed by atoms with Crippen LogP contribution in [0.1, 0.15) is 24.0 Å². The molecule has 4 nitrogen and oxygen atoms in total. The van der Waals surface area contributed by atoms with Gasteiger partial charge in [-0.25, -0.2) is 0 Å². The molecular weight excluding hydrogens is 276 g/mol. The van der Waals surface area contributed by atoms with Gasteiger partial charge in [0.25, 0.3) is 0 Å². The van der Waals surface area contributed by atoms with E-state index in [1.807, 2.05) is 0 Å². The zero-order valence-corrected chi connectivity index (χ0v) is 14.1. The molecule has 1 aromatic carbocycles. The number of unbranched alkanes of at least 4 members (excludes halogenated alkanes) is 1. The lowest BCUT2D eigenvalue weighted by atomic mass is 10.1. The lowest BCUT2D eigenvalue weighted by Crippen LogP contribution is -2.47. The van der Waals surface area contributed by atoms with Crippen LogP contribution in [-0.4, -0.2) is 67.4 Å². The summed E-state index contributed by atoms with van der Waals surface area (Å²) in [6.07, 6.45) is 2.29. The third-order valence-electron chi connectivity index (χ3n) is 4.40. The number of ether oxygens (including phenoxy) is 1. The van der Waals surface area contributed by atoms with Crippen molar-refractivity contribution < 1.29 is 9.84 Å². The fourth-order valence-corrected chi connectivity index (χ4v) is 3.02. The van der Waals surface area contributed by atoms with Gasteiger partial charge >= 0.3 is 0 Å². The van der Waals surface area contributed by atoms with Gasteiger partial charge in [0.05, 0.1) is 13.2 Å². The van der Waals surface area contributed by atoms with Crippen LogP contribution in [0.25, 0.3) is 0 Å². The van der Waals surface area contributed by atoms with Crippen molar-refractivity contribution in [2.75, 3.05) is 52.5 Å². The van der Waals surface area contributed by atoms with Gasteiger partial charge in [0.15, 0.2) is 0 Å². The summed E-state index contributed by atoms with van der Waals surface area (Å²) in [7, 11) is 0. The average molecular weight is 306 g/mol. The number of nitrogens with zero attached hydrogens (tertiary/aromatic N) is 2. The van der Waals surface area contributed by atoms with Crippen molar-refractivity contribution in [3.8, 4) is 5.75 Å². The maximum Gasteiger partial charge on any atom is 0.125 e. The number of β-amino-alcohol motifs (C(OH)–C–C–N with tert-alkyl or cyclic N) is 1. The molecule has 22 heavy (non-hydrogen) atoms. The third kappa shape index (κ3) is 5.27. The van der Waals surface area contributed by atoms with Gasteiger partial charge < -0.3 is 14.7 Å². The van der Waals surface area contributed by atoms with Crippen LogP contribution in [0.15, 0.2) is 18.2 Å². The second-order valence-corrected chi connectivity index (χ2v) is 6.18. The van der Waals surface area contributed by atoms with Gasteiger partial charge in [-0.05, 0) is 44.4 Å². The molecule has 0 amide bonds. The summed E-state index contributed by atoms with van der Waals surface area (Å²) >= 11 is 0. The predicted octanol–water partition coefficient (Wildman–Crippen LogP) is 2.07. The molecule has 1 fully saturated rings. The highest BCUT2D eigenvalue weighted by molar-refractivity contribution is 5.39. The lowest BCUT2D eigenvalue weighted by Gasteiger charge is -2.34. The summed E-state index contributed by atoms with van der Waals surface area (Å²) in [5.41, 5.74) is 2.44. The summed E-state index contributed by atoms with van der Waals surface area (Å²) in [5, 5.41) is 8.95. The fourth-order valence-electron chi connectivity index (χ4n) is 3.02. The largest absolute Gasteiger partial charge is 0.493 e. The van der Waals surface area contributed by atoms with E-state index in [2.05, 4.69) is 41.8 Å². The molecule has 1 heterocycles. The molecule has 1 aliphatic rings. The maximum absolute atomic E-state index is 8.95. The summed E-state index contributed by atoms with van der Waals surface area (Å²) in [5.74, 6) is 1.06. The number of para-hydroxylation sites is 1. The highest BCUT2D eigenvalue weighted by atomic mass is 16.5. The first-order chi connectivity index (χ1) is 10.7. The molecule has 1 aromatic rings. The van der Waals surface area contributed by atoms with Crippen LogP contribution < -0.4 is 4.74 Å². The van der Waals surface area contributed by atoms with E-state index >= 15 is 0 Å². The Hall–Kier alpha value is -1.10. The molecule has 0 bridgehead atoms. The van der Waals surface area contributed by atoms with E-state index in [-0.39, 0.29) is 6.61 Å². The van der Waals surface area contributed by atoms with Gasteiger partial charge in [-0.15, -0.1) is 0 Å². The van der Waals surface area contributed by atoms with Crippen molar-refractivity contribution in [1.29, 1.82) is 0 Å². The molecule has 2 rings (SSSR count). The van der Waals surface area contributed by atoms with Crippen LogP contribution in [-0.2, 0) is 0 Å². The van der Waals surface area contributed by atoms with Crippen LogP contribution >= 0.6 is 0 Å². The molecular formula is C18H30N2O2. The number of aliphatic hydroxyl groups excluding tert-OH is 1. The smallest absolute Gasteiger partial charge is 0.125 e. The summed E-state index contributed by atoms with van der Waals surface area (Å²) in [6.45, 7) is 11.7. The molecule has 0 aliphatic carbocycles. The molecule has 0 unspecified atom stereocenters. The Morgan fingerprint density at radius 1 is 0.955 bits per heavy atom. The van der Waals surface area contributed by atoms with Gasteiger partial charge in [0, 0.05) is 32.7 Å². The van der Waals surface area contributed by atoms with Gasteiger partial charge in [-0.1, -0.05) is 18.2 Å². The Morgan fingerprint density at radius 3 is 2.14 bits per heavy atom. The number of rotatable bonds is 8. The Labute approximate surface area is 134 Å². The summed E-state index contributed by atoms with van der Waals surface area (Å²) in [6, 6.07) is 6.29. The SMILES string of the molecule is Cc1cccc(C)c1OCCCCN1CCN(CCO)CC1. The minimum Gasteiger partial charge on any atom is -0.493 e. The molecule has 1 saturated heterocycles. The van der Waals surface area contributed by atoms with Crippen molar-refractivity contribution in [2.24, 2.45) is 0 Å². The van der Waals surface area contributed by atoms with Crippen LogP contribution in [0.2, 0.25) is 0 Å². The van der Waals surface area contributed by atoms with Crippen molar-refractivity contribution in [3.05, 3.63) is 29.3 Å². The van der Waals surface area contributed by atoms with Gasteiger partial charge in [0.1, 0.15) is 5.75 Å². The normalized spacial score (nSPS) is 16.9. The topological polar surface area (TPSA) is 35.9 Å². The van der Waals surface area contributed by atoms with E-state index in [4.69, 9.17) is 9.84 Å². The second kappa shape index (κ2) is 9.13. The molecule has 4 heteroatoms. The quantitative estimate of drug-likeness (QED) is 0.746. The molecule has 0 saturated carbocycles. The Kier molecular flexibility index (Phi) is 7.16. The molecule has 0 aromatic heterocycles. The molecule has 1 aliphatic heterocycles. The first-order valence-corrected chi connectivity index (χ1v) is 8.45. The zero-order chi connectivity index (χ0) is 15.8. The van der Waals surface area contributed by atoms with E-state index in [1.54, 1.807) is 0 Å². The molecule has 0 radical (unpaired) electrons. The number of piperazine rings is 1. The van der Waals surface area contributed by atoms with Crippen LogP contribution in [0.4, 0.5) is 0 Å². The number of benzene rings is 1. The minimum atomic E-state index is 0.273. The van der Waals surface area contributed by atoms with Crippen molar-refractivity contribution >= 4 is 0 Å². The summed E-state index contributed by atoms with van der Waals surface area (Å²) < 4.78 is 5.95.